The van der Waals surface area contributed by atoms with Crippen LogP contribution in [0.1, 0.15) is 56.5 Å². The summed E-state index contributed by atoms with van der Waals surface area (Å²) < 4.78 is 16.9. The first kappa shape index (κ1) is 18.9. The van der Waals surface area contributed by atoms with Crippen molar-refractivity contribution >= 4 is 5.97 Å². The third-order valence-corrected chi connectivity index (χ3v) is 3.19. The van der Waals surface area contributed by atoms with E-state index in [1.165, 1.54) is 0 Å². The monoisotopic (exact) mass is 326 g/mol. The molecule has 0 aliphatic rings. The third-order valence-electron chi connectivity index (χ3n) is 3.19. The molecule has 6 nitrogen and oxygen atoms in total. The molecule has 0 heterocycles. The minimum atomic E-state index is -1.28. The summed E-state index contributed by atoms with van der Waals surface area (Å²) in [5, 5.41) is 19.9. The average Bonchev–Trinajstić information content (AvgIpc) is 2.52. The predicted molar refractivity (Wildman–Crippen MR) is 87.2 cm³/mol. The fourth-order valence-electron chi connectivity index (χ4n) is 2.24. The maximum Gasteiger partial charge on any atom is 0.343 e. The lowest BCUT2D eigenvalue weighted by Crippen LogP contribution is -2.11. The van der Waals surface area contributed by atoms with Crippen molar-refractivity contribution in [1.29, 1.82) is 0 Å². The van der Waals surface area contributed by atoms with Gasteiger partial charge in [0.25, 0.3) is 0 Å². The fraction of sp³-hybridized carbons (Fsp3) is 0.588. The second-order valence-corrected chi connectivity index (χ2v) is 4.98. The van der Waals surface area contributed by atoms with Gasteiger partial charge in [0, 0.05) is 5.56 Å². The molecule has 0 aliphatic carbocycles. The molecule has 2 N–H and O–H groups in total. The van der Waals surface area contributed by atoms with Gasteiger partial charge in [-0.15, -0.1) is 0 Å². The summed E-state index contributed by atoms with van der Waals surface area (Å²) in [6.07, 6.45) is 2.00. The number of carbonyl (C=O) groups is 1. The quantitative estimate of drug-likeness (QED) is 0.683. The van der Waals surface area contributed by atoms with Crippen molar-refractivity contribution in [3.63, 3.8) is 0 Å². The number of carboxylic acid groups (broad SMARTS) is 1. The predicted octanol–water partition coefficient (Wildman–Crippen LogP) is 3.63. The van der Waals surface area contributed by atoms with Crippen LogP contribution in [0.15, 0.2) is 0 Å². The third kappa shape index (κ3) is 4.21. The second-order valence-electron chi connectivity index (χ2n) is 4.98. The van der Waals surface area contributed by atoms with Crippen molar-refractivity contribution in [2.24, 2.45) is 0 Å². The maximum atomic E-state index is 11.6. The molecule has 0 amide bonds. The van der Waals surface area contributed by atoms with Gasteiger partial charge < -0.3 is 24.4 Å². The molecule has 0 radical (unpaired) electrons. The molecule has 0 spiro atoms. The zero-order valence-corrected chi connectivity index (χ0v) is 14.3. The summed E-state index contributed by atoms with van der Waals surface area (Å²) >= 11 is 0. The second kappa shape index (κ2) is 9.12. The lowest BCUT2D eigenvalue weighted by Gasteiger charge is -2.22. The van der Waals surface area contributed by atoms with E-state index in [1.54, 1.807) is 6.92 Å². The molecule has 6 heteroatoms. The first-order valence-electron chi connectivity index (χ1n) is 8.06. The molecule has 130 valence electrons. The lowest BCUT2D eigenvalue weighted by molar-refractivity contribution is 0.0686. The van der Waals surface area contributed by atoms with Gasteiger partial charge in [-0.1, -0.05) is 20.8 Å². The van der Waals surface area contributed by atoms with Crippen molar-refractivity contribution in [2.75, 3.05) is 19.8 Å². The summed E-state index contributed by atoms with van der Waals surface area (Å²) in [4.78, 5) is 11.6. The Morgan fingerprint density at radius 2 is 1.48 bits per heavy atom. The topological polar surface area (TPSA) is 85.2 Å². The maximum absolute atomic E-state index is 11.6. The fourth-order valence-corrected chi connectivity index (χ4v) is 2.24. The van der Waals surface area contributed by atoms with Gasteiger partial charge in [0.05, 0.1) is 19.8 Å². The van der Waals surface area contributed by atoms with Crippen LogP contribution < -0.4 is 14.2 Å². The van der Waals surface area contributed by atoms with Gasteiger partial charge in [-0.3, -0.25) is 0 Å². The summed E-state index contributed by atoms with van der Waals surface area (Å²) in [6.45, 7) is 8.60. The number of aromatic carboxylic acids is 1. The molecular weight excluding hydrogens is 300 g/mol. The van der Waals surface area contributed by atoms with Crippen LogP contribution in [0, 0.1) is 0 Å². The van der Waals surface area contributed by atoms with Crippen LogP contribution in [-0.4, -0.2) is 36.0 Å². The Hall–Kier alpha value is -2.11. The smallest absolute Gasteiger partial charge is 0.343 e. The van der Waals surface area contributed by atoms with E-state index in [0.29, 0.717) is 44.0 Å². The average molecular weight is 326 g/mol. The molecule has 0 saturated heterocycles. The van der Waals surface area contributed by atoms with Crippen LogP contribution in [0.3, 0.4) is 0 Å². The zero-order chi connectivity index (χ0) is 17.4. The highest BCUT2D eigenvalue weighted by atomic mass is 16.5. The molecule has 0 atom stereocenters. The highest BCUT2D eigenvalue weighted by Crippen LogP contribution is 2.48. The molecule has 1 rings (SSSR count). The van der Waals surface area contributed by atoms with Gasteiger partial charge in [0.1, 0.15) is 0 Å². The van der Waals surface area contributed by atoms with Gasteiger partial charge in [-0.2, -0.15) is 0 Å². The Morgan fingerprint density at radius 1 is 0.913 bits per heavy atom. The van der Waals surface area contributed by atoms with Crippen LogP contribution >= 0.6 is 0 Å². The number of rotatable bonds is 10. The molecule has 0 saturated carbocycles. The lowest BCUT2D eigenvalue weighted by atomic mass is 10.0. The minimum Gasteiger partial charge on any atom is -0.504 e. The Bertz CT molecular complexity index is 539. The Morgan fingerprint density at radius 3 is 1.91 bits per heavy atom. The molecule has 1 aromatic rings. The normalized spacial score (nSPS) is 10.4. The van der Waals surface area contributed by atoms with Crippen molar-refractivity contribution in [3.8, 4) is 23.0 Å². The van der Waals surface area contributed by atoms with Crippen LogP contribution in [0.25, 0.3) is 0 Å². The number of ether oxygens (including phenoxy) is 3. The van der Waals surface area contributed by atoms with E-state index >= 15 is 0 Å². The summed E-state index contributed by atoms with van der Waals surface area (Å²) in [5.74, 6) is -1.11. The van der Waals surface area contributed by atoms with Crippen LogP contribution in [-0.2, 0) is 6.42 Å². The number of hydrogen-bond donors (Lipinski definition) is 2. The number of hydrogen-bond acceptors (Lipinski definition) is 5. The molecule has 0 aliphatic heterocycles. The standard InChI is InChI=1S/C17H26O6/c1-5-9-22-15-11(7-3)14(21-8-4)13(18)12(17(19)20)16(15)23-10-6-2/h18H,5-10H2,1-4H3,(H,19,20). The first-order valence-corrected chi connectivity index (χ1v) is 8.06. The van der Waals surface area contributed by atoms with Gasteiger partial charge in [0.15, 0.2) is 28.6 Å². The molecule has 23 heavy (non-hydrogen) atoms. The molecular formula is C17H26O6. The van der Waals surface area contributed by atoms with Gasteiger partial charge in [0.2, 0.25) is 0 Å². The van der Waals surface area contributed by atoms with Crippen molar-refractivity contribution in [3.05, 3.63) is 11.1 Å². The van der Waals surface area contributed by atoms with E-state index in [0.717, 1.165) is 6.42 Å². The number of phenols is 1. The molecule has 0 fully saturated rings. The van der Waals surface area contributed by atoms with E-state index in [9.17, 15) is 15.0 Å². The Balaban J connectivity index is 3.65. The highest BCUT2D eigenvalue weighted by Gasteiger charge is 2.30. The van der Waals surface area contributed by atoms with Crippen molar-refractivity contribution in [1.82, 2.24) is 0 Å². The van der Waals surface area contributed by atoms with Gasteiger partial charge >= 0.3 is 5.97 Å². The van der Waals surface area contributed by atoms with Crippen molar-refractivity contribution in [2.45, 2.75) is 47.0 Å². The first-order chi connectivity index (χ1) is 11.0. The van der Waals surface area contributed by atoms with Gasteiger partial charge in [-0.05, 0) is 26.2 Å². The molecule has 0 aromatic heterocycles. The molecule has 0 bridgehead atoms. The molecule has 1 aromatic carbocycles. The molecule has 0 unspecified atom stereocenters. The number of aromatic hydroxyl groups is 1. The van der Waals surface area contributed by atoms with Gasteiger partial charge in [-0.25, -0.2) is 4.79 Å². The largest absolute Gasteiger partial charge is 0.504 e. The minimum absolute atomic E-state index is 0.0746. The van der Waals surface area contributed by atoms with Crippen LogP contribution in [0.5, 0.6) is 23.0 Å². The van der Waals surface area contributed by atoms with Crippen LogP contribution in [0.4, 0.5) is 0 Å². The van der Waals surface area contributed by atoms with E-state index in [4.69, 9.17) is 14.2 Å². The number of carboxylic acids is 1. The highest BCUT2D eigenvalue weighted by molar-refractivity contribution is 5.97. The summed E-state index contributed by atoms with van der Waals surface area (Å²) in [5.41, 5.74) is 0.305. The van der Waals surface area contributed by atoms with E-state index in [2.05, 4.69) is 0 Å². The summed E-state index contributed by atoms with van der Waals surface area (Å²) in [7, 11) is 0. The van der Waals surface area contributed by atoms with Crippen molar-refractivity contribution < 1.29 is 29.2 Å². The SMILES string of the molecule is CCCOc1c(CC)c(OCC)c(O)c(C(=O)O)c1OCCC. The van der Waals surface area contributed by atoms with E-state index in [-0.39, 0.29) is 17.1 Å². The van der Waals surface area contributed by atoms with E-state index < -0.39 is 11.7 Å². The van der Waals surface area contributed by atoms with Crippen LogP contribution in [0.2, 0.25) is 0 Å². The zero-order valence-electron chi connectivity index (χ0n) is 14.3. The Kier molecular flexibility index (Phi) is 7.51. The Labute approximate surface area is 137 Å². The van der Waals surface area contributed by atoms with E-state index in [1.807, 2.05) is 20.8 Å². The number of benzene rings is 1. The summed E-state index contributed by atoms with van der Waals surface area (Å²) in [6, 6.07) is 0.